The van der Waals surface area contributed by atoms with Crippen molar-refractivity contribution in [2.24, 2.45) is 0 Å². The van der Waals surface area contributed by atoms with Crippen molar-refractivity contribution in [3.63, 3.8) is 0 Å². The number of piperazine rings is 1. The van der Waals surface area contributed by atoms with Crippen molar-refractivity contribution in [1.29, 1.82) is 0 Å². The molecule has 5 rings (SSSR count). The van der Waals surface area contributed by atoms with Crippen LogP contribution in [0.4, 0.5) is 0 Å². The number of carbonyl (C=O) groups excluding carboxylic acids is 1. The summed E-state index contributed by atoms with van der Waals surface area (Å²) in [6.07, 6.45) is 17.3. The van der Waals surface area contributed by atoms with Crippen molar-refractivity contribution >= 4 is 17.1 Å². The summed E-state index contributed by atoms with van der Waals surface area (Å²) in [5.74, 6) is -0.102. The van der Waals surface area contributed by atoms with Gasteiger partial charge >= 0.3 is 0 Å². The van der Waals surface area contributed by atoms with Crippen molar-refractivity contribution in [2.75, 3.05) is 26.2 Å². The molecule has 5 heterocycles. The third-order valence-electron chi connectivity index (χ3n) is 5.76. The minimum absolute atomic E-state index is 0.102. The Hall–Kier alpha value is -3.42. The smallest absolute Gasteiger partial charge is 0.255 e. The fourth-order valence-electron chi connectivity index (χ4n) is 4.18. The number of nitrogens with one attached hydrogen (secondary N) is 1. The second kappa shape index (κ2) is 8.02. The van der Waals surface area contributed by atoms with Crippen LogP contribution in [0.15, 0.2) is 72.5 Å². The molecule has 0 unspecified atom stereocenters. The van der Waals surface area contributed by atoms with Crippen molar-refractivity contribution in [1.82, 2.24) is 24.5 Å². The van der Waals surface area contributed by atoms with Crippen LogP contribution in [-0.4, -0.2) is 56.4 Å². The van der Waals surface area contributed by atoms with Crippen LogP contribution < -0.4 is 5.32 Å². The highest BCUT2D eigenvalue weighted by molar-refractivity contribution is 6.00. The summed E-state index contributed by atoms with van der Waals surface area (Å²) in [5.41, 5.74) is 5.87. The predicted octanol–water partition coefficient (Wildman–Crippen LogP) is 2.12. The van der Waals surface area contributed by atoms with E-state index >= 15 is 0 Å². The predicted molar refractivity (Wildman–Crippen MR) is 120 cm³/mol. The first-order valence-electron chi connectivity index (χ1n) is 10.5. The van der Waals surface area contributed by atoms with Gasteiger partial charge in [0.05, 0.1) is 18.0 Å². The van der Waals surface area contributed by atoms with Crippen LogP contribution in [0.2, 0.25) is 0 Å². The average molecular weight is 415 g/mol. The normalized spacial score (nSPS) is 20.7. The van der Waals surface area contributed by atoms with Crippen LogP contribution in [0.25, 0.3) is 11.2 Å². The molecule has 1 fully saturated rings. The molecule has 0 aromatic carbocycles. The number of hydrogen-bond donors (Lipinski definition) is 2. The Morgan fingerprint density at radius 2 is 1.94 bits per heavy atom. The molecule has 1 amide bonds. The first-order chi connectivity index (χ1) is 15.1. The van der Waals surface area contributed by atoms with Gasteiger partial charge in [-0.25, -0.2) is 4.98 Å². The number of rotatable bonds is 3. The van der Waals surface area contributed by atoms with Gasteiger partial charge in [-0.15, -0.1) is 0 Å². The van der Waals surface area contributed by atoms with Gasteiger partial charge in [0.2, 0.25) is 0 Å². The molecule has 2 aromatic heterocycles. The molecule has 0 saturated carbocycles. The van der Waals surface area contributed by atoms with Gasteiger partial charge in [0.25, 0.3) is 5.91 Å². The molecule has 0 radical (unpaired) electrons. The van der Waals surface area contributed by atoms with Crippen molar-refractivity contribution in [3.8, 4) is 0 Å². The molecule has 7 nitrogen and oxygen atoms in total. The summed E-state index contributed by atoms with van der Waals surface area (Å²) in [4.78, 5) is 21.7. The number of hydrogen-bond acceptors (Lipinski definition) is 5. The lowest BCUT2D eigenvalue weighted by atomic mass is 10.0. The highest BCUT2D eigenvalue weighted by atomic mass is 16.3. The van der Waals surface area contributed by atoms with E-state index in [-0.39, 0.29) is 12.5 Å². The van der Waals surface area contributed by atoms with E-state index in [0.717, 1.165) is 65.6 Å². The van der Waals surface area contributed by atoms with Gasteiger partial charge in [-0.3, -0.25) is 9.69 Å². The van der Waals surface area contributed by atoms with Gasteiger partial charge in [0.1, 0.15) is 5.65 Å². The van der Waals surface area contributed by atoms with E-state index < -0.39 is 0 Å². The number of fused-ring (bicyclic) bond motifs is 2. The maximum Gasteiger partial charge on any atom is 0.255 e. The molecule has 2 N–H and O–H groups in total. The minimum atomic E-state index is -0.115. The number of aryl methyl sites for hydroxylation is 1. The highest BCUT2D eigenvalue weighted by Crippen LogP contribution is 2.26. The summed E-state index contributed by atoms with van der Waals surface area (Å²) < 4.78 is 1.90. The summed E-state index contributed by atoms with van der Waals surface area (Å²) >= 11 is 0. The molecule has 1 saturated heterocycles. The van der Waals surface area contributed by atoms with Crippen LogP contribution in [0.3, 0.4) is 0 Å². The van der Waals surface area contributed by atoms with E-state index in [0.29, 0.717) is 0 Å². The Kier molecular flexibility index (Phi) is 5.05. The second-order valence-electron chi connectivity index (χ2n) is 7.91. The van der Waals surface area contributed by atoms with Gasteiger partial charge in [-0.2, -0.15) is 0 Å². The van der Waals surface area contributed by atoms with E-state index in [9.17, 15) is 9.90 Å². The second-order valence-corrected chi connectivity index (χ2v) is 7.91. The third kappa shape index (κ3) is 3.73. The van der Waals surface area contributed by atoms with E-state index in [4.69, 9.17) is 0 Å². The third-order valence-corrected chi connectivity index (χ3v) is 5.76. The molecule has 158 valence electrons. The Morgan fingerprint density at radius 1 is 1.13 bits per heavy atom. The van der Waals surface area contributed by atoms with Gasteiger partial charge in [0.15, 0.2) is 0 Å². The number of aliphatic hydroxyl groups is 1. The van der Waals surface area contributed by atoms with Crippen LogP contribution in [0.5, 0.6) is 0 Å². The largest absolute Gasteiger partial charge is 0.392 e. The Bertz CT molecular complexity index is 1190. The van der Waals surface area contributed by atoms with Crippen LogP contribution in [0.1, 0.15) is 16.8 Å². The Balaban J connectivity index is 1.52. The number of pyridine rings is 1. The van der Waals surface area contributed by atoms with Gasteiger partial charge in [-0.1, -0.05) is 12.2 Å². The van der Waals surface area contributed by atoms with Crippen LogP contribution >= 0.6 is 0 Å². The average Bonchev–Trinajstić information content (AvgIpc) is 3.17. The molecule has 0 atom stereocenters. The molecular weight excluding hydrogens is 390 g/mol. The molecule has 0 bridgehead atoms. The van der Waals surface area contributed by atoms with Gasteiger partial charge in [0, 0.05) is 62.1 Å². The number of allylic oxidation sites excluding steroid dienone is 6. The Morgan fingerprint density at radius 3 is 2.74 bits per heavy atom. The first-order valence-corrected chi connectivity index (χ1v) is 10.5. The summed E-state index contributed by atoms with van der Waals surface area (Å²) in [5, 5.41) is 13.2. The van der Waals surface area contributed by atoms with E-state index in [1.165, 1.54) is 0 Å². The number of aliphatic hydroxyl groups excluding tert-OH is 1. The molecule has 31 heavy (non-hydrogen) atoms. The zero-order valence-electron chi connectivity index (χ0n) is 17.5. The van der Waals surface area contributed by atoms with E-state index in [1.54, 1.807) is 11.0 Å². The van der Waals surface area contributed by atoms with Crippen molar-refractivity contribution in [2.45, 2.75) is 13.5 Å². The number of aromatic nitrogens is 2. The van der Waals surface area contributed by atoms with E-state index in [1.807, 2.05) is 60.3 Å². The first kappa shape index (κ1) is 19.5. The summed E-state index contributed by atoms with van der Waals surface area (Å²) in [6, 6.07) is 1.90. The number of nitrogens with zero attached hydrogens (tertiary/aromatic N) is 4. The quantitative estimate of drug-likeness (QED) is 0.804. The fourth-order valence-corrected chi connectivity index (χ4v) is 4.18. The Labute approximate surface area is 181 Å². The lowest BCUT2D eigenvalue weighted by molar-refractivity contribution is -0.122. The molecule has 0 aliphatic carbocycles. The molecule has 2 aromatic rings. The zero-order valence-corrected chi connectivity index (χ0v) is 17.5. The maximum absolute atomic E-state index is 13.2. The SMILES string of the molecule is Cc1cn2cc(C3=CC(=O)N4C=C(N5CCNCC5)C=C/C4=C\C=C3)cc(CO)c2n1. The number of carbonyl (C=O) groups is 1. The van der Waals surface area contributed by atoms with Gasteiger partial charge < -0.3 is 19.7 Å². The lowest BCUT2D eigenvalue weighted by Crippen LogP contribution is -2.43. The van der Waals surface area contributed by atoms with Crippen LogP contribution in [0, 0.1) is 6.92 Å². The topological polar surface area (TPSA) is 73.1 Å². The fraction of sp³-hybridized carbons (Fsp3) is 0.250. The van der Waals surface area contributed by atoms with Crippen molar-refractivity contribution in [3.05, 3.63) is 89.3 Å². The van der Waals surface area contributed by atoms with E-state index in [2.05, 4.69) is 21.3 Å². The number of imidazole rings is 1. The molecule has 3 aliphatic rings. The summed E-state index contributed by atoms with van der Waals surface area (Å²) in [7, 11) is 0. The molecule has 0 spiro atoms. The molecular formula is C24H25N5O2. The van der Waals surface area contributed by atoms with Gasteiger partial charge in [-0.05, 0) is 42.4 Å². The molecule has 3 aliphatic heterocycles. The monoisotopic (exact) mass is 415 g/mol. The van der Waals surface area contributed by atoms with Crippen molar-refractivity contribution < 1.29 is 9.90 Å². The molecule has 7 heteroatoms. The standard InChI is InChI=1S/C24H25N5O2/c1-17-13-28-14-19(11-20(16-30)24(28)26-17)18-3-2-4-21-5-6-22(15-29(21)23(31)12-18)27-9-7-25-8-10-27/h2-6,11-15,25,30H,7-10,16H2,1H3/b3-2?,18-12?,21-4+. The summed E-state index contributed by atoms with van der Waals surface area (Å²) in [6.45, 7) is 5.54. The highest BCUT2D eigenvalue weighted by Gasteiger charge is 2.22. The zero-order chi connectivity index (χ0) is 21.4. The van der Waals surface area contributed by atoms with Crippen LogP contribution in [-0.2, 0) is 11.4 Å². The lowest BCUT2D eigenvalue weighted by Gasteiger charge is -2.33. The minimum Gasteiger partial charge on any atom is -0.392 e. The maximum atomic E-state index is 13.2. The number of amides is 1.